The van der Waals surface area contributed by atoms with E-state index in [1.54, 1.807) is 6.33 Å². The number of pyridine rings is 1. The molecule has 4 nitrogen and oxygen atoms in total. The largest absolute Gasteiger partial charge is 0.321 e. The summed E-state index contributed by atoms with van der Waals surface area (Å²) in [5.74, 6) is -2.03. The van der Waals surface area contributed by atoms with Crippen LogP contribution in [0, 0.1) is 11.8 Å². The zero-order valence-corrected chi connectivity index (χ0v) is 15.2. The normalized spacial score (nSPS) is 23.9. The lowest BCUT2D eigenvalue weighted by Crippen LogP contribution is -2.29. The SMILES string of the molecule is O=C(CC1c2nc(CC3CC3)ccc2-c2cncn21)C1CCC(F)(F)CC1. The van der Waals surface area contributed by atoms with Crippen LogP contribution in [0.15, 0.2) is 24.7 Å². The molecular formula is C21H23F2N3O. The van der Waals surface area contributed by atoms with Gasteiger partial charge in [0.2, 0.25) is 5.92 Å². The van der Waals surface area contributed by atoms with Crippen LogP contribution in [0.3, 0.4) is 0 Å². The first-order chi connectivity index (χ1) is 13.0. The molecule has 2 aromatic heterocycles. The van der Waals surface area contributed by atoms with Crippen LogP contribution in [0.25, 0.3) is 11.3 Å². The molecule has 0 spiro atoms. The van der Waals surface area contributed by atoms with Gasteiger partial charge in [-0.3, -0.25) is 9.78 Å². The van der Waals surface area contributed by atoms with Crippen molar-refractivity contribution in [2.24, 2.45) is 11.8 Å². The number of nitrogens with zero attached hydrogens (tertiary/aromatic N) is 3. The number of alkyl halides is 2. The zero-order valence-electron chi connectivity index (χ0n) is 15.2. The molecule has 0 aromatic carbocycles. The fraction of sp³-hybridized carbons (Fsp3) is 0.571. The van der Waals surface area contributed by atoms with Crippen LogP contribution in [0.4, 0.5) is 8.78 Å². The Hall–Kier alpha value is -2.11. The van der Waals surface area contributed by atoms with Gasteiger partial charge in [-0.25, -0.2) is 13.8 Å². The molecule has 0 radical (unpaired) electrons. The third-order valence-electron chi connectivity index (χ3n) is 6.34. The van der Waals surface area contributed by atoms with Gasteiger partial charge in [-0.1, -0.05) is 0 Å². The van der Waals surface area contributed by atoms with E-state index in [4.69, 9.17) is 4.98 Å². The van der Waals surface area contributed by atoms with Crippen molar-refractivity contribution in [2.45, 2.75) is 63.3 Å². The van der Waals surface area contributed by atoms with Gasteiger partial charge in [0.1, 0.15) is 5.78 Å². The number of halogens is 2. The fourth-order valence-corrected chi connectivity index (χ4v) is 4.53. The maximum atomic E-state index is 13.4. The molecule has 1 atom stereocenters. The number of aromatic nitrogens is 3. The minimum atomic E-state index is -2.60. The minimum absolute atomic E-state index is 0.0809. The molecule has 2 aliphatic carbocycles. The second kappa shape index (κ2) is 6.21. The second-order valence-corrected chi connectivity index (χ2v) is 8.39. The number of carbonyl (C=O) groups is 1. The van der Waals surface area contributed by atoms with Crippen LogP contribution in [-0.4, -0.2) is 26.2 Å². The maximum absolute atomic E-state index is 13.4. The van der Waals surface area contributed by atoms with E-state index in [1.165, 1.54) is 12.8 Å². The van der Waals surface area contributed by atoms with Crippen molar-refractivity contribution in [1.82, 2.24) is 14.5 Å². The van der Waals surface area contributed by atoms with Gasteiger partial charge in [0.05, 0.1) is 30.0 Å². The van der Waals surface area contributed by atoms with Gasteiger partial charge in [-0.15, -0.1) is 0 Å². The number of Topliss-reactive ketones (excluding diaryl/α,β-unsaturated/α-hetero) is 1. The smallest absolute Gasteiger partial charge is 0.248 e. The monoisotopic (exact) mass is 371 g/mol. The van der Waals surface area contributed by atoms with Crippen molar-refractivity contribution in [3.63, 3.8) is 0 Å². The number of fused-ring (bicyclic) bond motifs is 3. The Morgan fingerprint density at radius 2 is 1.96 bits per heavy atom. The standard InChI is InChI=1S/C21H23F2N3O/c22-21(23)7-5-14(6-8-21)19(27)10-17-20-16(18-11-24-12-26(17)18)4-3-15(25-20)9-13-1-2-13/h3-4,11-14,17H,1-2,5-10H2. The molecule has 0 bridgehead atoms. The molecule has 5 rings (SSSR count). The van der Waals surface area contributed by atoms with Crippen molar-refractivity contribution in [3.05, 3.63) is 36.0 Å². The molecule has 27 heavy (non-hydrogen) atoms. The molecule has 0 amide bonds. The number of hydrogen-bond donors (Lipinski definition) is 0. The molecule has 142 valence electrons. The molecule has 2 saturated carbocycles. The molecule has 2 aromatic rings. The predicted molar refractivity (Wildman–Crippen MR) is 96.6 cm³/mol. The molecule has 0 saturated heterocycles. The van der Waals surface area contributed by atoms with Gasteiger partial charge in [0.25, 0.3) is 0 Å². The number of hydrogen-bond acceptors (Lipinski definition) is 3. The third-order valence-corrected chi connectivity index (χ3v) is 6.34. The van der Waals surface area contributed by atoms with Crippen molar-refractivity contribution >= 4 is 5.78 Å². The maximum Gasteiger partial charge on any atom is 0.248 e. The Bertz CT molecular complexity index is 877. The van der Waals surface area contributed by atoms with Gasteiger partial charge in [-0.05, 0) is 50.2 Å². The van der Waals surface area contributed by atoms with E-state index in [9.17, 15) is 13.6 Å². The van der Waals surface area contributed by atoms with E-state index in [0.717, 1.165) is 35.0 Å². The molecule has 6 heteroatoms. The van der Waals surface area contributed by atoms with Crippen LogP contribution < -0.4 is 0 Å². The summed E-state index contributed by atoms with van der Waals surface area (Å²) in [4.78, 5) is 22.0. The van der Waals surface area contributed by atoms with Crippen molar-refractivity contribution in [2.75, 3.05) is 0 Å². The average molecular weight is 371 g/mol. The lowest BCUT2D eigenvalue weighted by atomic mass is 9.82. The van der Waals surface area contributed by atoms with Crippen molar-refractivity contribution < 1.29 is 13.6 Å². The van der Waals surface area contributed by atoms with Crippen LogP contribution in [0.1, 0.15) is 62.4 Å². The molecule has 3 aliphatic rings. The predicted octanol–water partition coefficient (Wildman–Crippen LogP) is 4.59. The zero-order chi connectivity index (χ0) is 18.6. The summed E-state index contributed by atoms with van der Waals surface area (Å²) < 4.78 is 28.9. The Morgan fingerprint density at radius 3 is 2.70 bits per heavy atom. The topological polar surface area (TPSA) is 47.8 Å². The first-order valence-electron chi connectivity index (χ1n) is 9.93. The van der Waals surface area contributed by atoms with Gasteiger partial charge >= 0.3 is 0 Å². The Balaban J connectivity index is 1.38. The van der Waals surface area contributed by atoms with E-state index < -0.39 is 5.92 Å². The van der Waals surface area contributed by atoms with E-state index >= 15 is 0 Å². The summed E-state index contributed by atoms with van der Waals surface area (Å²) in [6.45, 7) is 0. The summed E-state index contributed by atoms with van der Waals surface area (Å²) >= 11 is 0. The van der Waals surface area contributed by atoms with Crippen LogP contribution in [0.5, 0.6) is 0 Å². The van der Waals surface area contributed by atoms with Gasteiger partial charge in [-0.2, -0.15) is 0 Å². The first-order valence-corrected chi connectivity index (χ1v) is 9.93. The van der Waals surface area contributed by atoms with Gasteiger partial charge in [0, 0.05) is 36.4 Å². The molecule has 1 aliphatic heterocycles. The minimum Gasteiger partial charge on any atom is -0.321 e. The number of rotatable bonds is 5. The molecule has 2 fully saturated rings. The summed E-state index contributed by atoms with van der Waals surface area (Å²) in [7, 11) is 0. The van der Waals surface area contributed by atoms with E-state index in [1.807, 2.05) is 10.8 Å². The second-order valence-electron chi connectivity index (χ2n) is 8.39. The van der Waals surface area contributed by atoms with Crippen LogP contribution >= 0.6 is 0 Å². The van der Waals surface area contributed by atoms with E-state index in [0.29, 0.717) is 6.42 Å². The quantitative estimate of drug-likeness (QED) is 0.773. The Kier molecular flexibility index (Phi) is 3.92. The molecule has 1 unspecified atom stereocenters. The number of ketones is 1. The summed E-state index contributed by atoms with van der Waals surface area (Å²) in [5.41, 5.74) is 4.06. The number of carbonyl (C=O) groups excluding carboxylic acids is 1. The Morgan fingerprint density at radius 1 is 1.19 bits per heavy atom. The number of imidazole rings is 1. The summed E-state index contributed by atoms with van der Waals surface area (Å²) in [6, 6.07) is 4.02. The van der Waals surface area contributed by atoms with Crippen molar-refractivity contribution in [1.29, 1.82) is 0 Å². The summed E-state index contributed by atoms with van der Waals surface area (Å²) in [6.07, 6.45) is 7.65. The lowest BCUT2D eigenvalue weighted by molar-refractivity contribution is -0.127. The van der Waals surface area contributed by atoms with Crippen molar-refractivity contribution in [3.8, 4) is 11.3 Å². The highest BCUT2D eigenvalue weighted by molar-refractivity contribution is 5.83. The molecular weight excluding hydrogens is 348 g/mol. The van der Waals surface area contributed by atoms with Crippen LogP contribution in [-0.2, 0) is 11.2 Å². The van der Waals surface area contributed by atoms with Gasteiger partial charge in [0.15, 0.2) is 0 Å². The summed E-state index contributed by atoms with van der Waals surface area (Å²) in [5, 5.41) is 0. The first kappa shape index (κ1) is 17.0. The third kappa shape index (κ3) is 3.19. The fourth-order valence-electron chi connectivity index (χ4n) is 4.53. The Labute approximate surface area is 157 Å². The highest BCUT2D eigenvalue weighted by Gasteiger charge is 2.39. The van der Waals surface area contributed by atoms with E-state index in [2.05, 4.69) is 17.1 Å². The van der Waals surface area contributed by atoms with E-state index in [-0.39, 0.29) is 43.4 Å². The molecule has 0 N–H and O–H groups in total. The lowest BCUT2D eigenvalue weighted by Gasteiger charge is -2.28. The van der Waals surface area contributed by atoms with Gasteiger partial charge < -0.3 is 4.57 Å². The molecule has 3 heterocycles. The highest BCUT2D eigenvalue weighted by atomic mass is 19.3. The average Bonchev–Trinajstić information content (AvgIpc) is 3.23. The van der Waals surface area contributed by atoms with Crippen LogP contribution in [0.2, 0.25) is 0 Å². The highest BCUT2D eigenvalue weighted by Crippen LogP contribution is 2.43.